The minimum absolute atomic E-state index is 0.519. The molecule has 2 rings (SSSR count). The highest BCUT2D eigenvalue weighted by molar-refractivity contribution is 8.06. The maximum atomic E-state index is 11.8. The molecule has 0 saturated carbocycles. The van der Waals surface area contributed by atoms with Crippen LogP contribution in [0.15, 0.2) is 21.9 Å². The topological polar surface area (TPSA) is 143 Å². The van der Waals surface area contributed by atoms with E-state index in [2.05, 4.69) is 16.8 Å². The Hall–Kier alpha value is -0.910. The van der Waals surface area contributed by atoms with Crippen molar-refractivity contribution in [3.63, 3.8) is 0 Å². The van der Waals surface area contributed by atoms with Gasteiger partial charge in [0.05, 0.1) is 6.61 Å². The Kier molecular flexibility index (Phi) is 5.30. The fourth-order valence-corrected chi connectivity index (χ4v) is 3.11. The summed E-state index contributed by atoms with van der Waals surface area (Å²) in [6, 6.07) is 1.11. The molecule has 1 aliphatic heterocycles. The van der Waals surface area contributed by atoms with E-state index in [-0.39, 0.29) is 0 Å². The van der Waals surface area contributed by atoms with Gasteiger partial charge in [-0.05, 0) is 11.8 Å². The third-order valence-corrected chi connectivity index (χ3v) is 3.90. The van der Waals surface area contributed by atoms with Crippen molar-refractivity contribution in [3.8, 4) is 0 Å². The monoisotopic (exact) mass is 354 g/mol. The Balaban J connectivity index is 2.38. The lowest BCUT2D eigenvalue weighted by Crippen LogP contribution is -2.39. The van der Waals surface area contributed by atoms with Crippen LogP contribution in [0, 0.1) is 0 Å². The summed E-state index contributed by atoms with van der Waals surface area (Å²) in [7, 11) is 1.30. The van der Waals surface area contributed by atoms with Gasteiger partial charge in [-0.2, -0.15) is 0 Å². The molecule has 0 unspecified atom stereocenters. The Morgan fingerprint density at radius 3 is 2.64 bits per heavy atom. The summed E-state index contributed by atoms with van der Waals surface area (Å²) in [5.41, 5.74) is -1.33. The van der Waals surface area contributed by atoms with Crippen molar-refractivity contribution in [2.75, 3.05) is 13.7 Å². The molecule has 1 fully saturated rings. The number of aliphatic hydroxyl groups is 1. The van der Waals surface area contributed by atoms with E-state index >= 15 is 0 Å². The maximum absolute atomic E-state index is 11.8. The average Bonchev–Trinajstić information content (AvgIpc) is 2.74. The lowest BCUT2D eigenvalue weighted by molar-refractivity contribution is -0.0625. The highest BCUT2D eigenvalue weighted by Crippen LogP contribution is 2.44. The number of aromatic nitrogens is 2. The van der Waals surface area contributed by atoms with Crippen LogP contribution in [0.2, 0.25) is 0 Å². The number of rotatable bonds is 5. The van der Waals surface area contributed by atoms with E-state index in [0.717, 1.165) is 10.6 Å². The van der Waals surface area contributed by atoms with Crippen molar-refractivity contribution in [1.29, 1.82) is 0 Å². The molecule has 0 spiro atoms. The maximum Gasteiger partial charge on any atom is 0.330 e. The van der Waals surface area contributed by atoms with E-state index in [1.165, 1.54) is 13.3 Å². The minimum atomic E-state index is -4.04. The molecule has 1 aromatic heterocycles. The molecule has 1 saturated heterocycles. The first-order valence-electron chi connectivity index (χ1n) is 6.11. The zero-order valence-corrected chi connectivity index (χ0v) is 13.1. The van der Waals surface area contributed by atoms with Crippen LogP contribution in [0.5, 0.6) is 0 Å². The molecule has 10 nitrogen and oxygen atoms in total. The van der Waals surface area contributed by atoms with Crippen LogP contribution in [0.25, 0.3) is 0 Å². The summed E-state index contributed by atoms with van der Waals surface area (Å²) in [5, 5.41) is 9.33. The number of aromatic amines is 1. The van der Waals surface area contributed by atoms with Gasteiger partial charge >= 0.3 is 12.4 Å². The van der Waals surface area contributed by atoms with Crippen molar-refractivity contribution in [3.05, 3.63) is 33.1 Å². The number of nitrogens with zero attached hydrogens (tertiary/aromatic N) is 1. The zero-order valence-electron chi connectivity index (χ0n) is 11.4. The van der Waals surface area contributed by atoms with E-state index in [4.69, 9.17) is 14.0 Å². The predicted molar refractivity (Wildman–Crippen MR) is 76.7 cm³/mol. The van der Waals surface area contributed by atoms with Crippen LogP contribution in [-0.4, -0.2) is 56.5 Å². The molecule has 0 bridgehead atoms. The SMILES string of the molecule is CO[C@@H]1[C@@H](OP(O)(O)=S)[C@@H](CO)O[C@H]1n1ccc(=O)[nH]c1=O. The van der Waals surface area contributed by atoms with Crippen molar-refractivity contribution in [2.45, 2.75) is 24.5 Å². The molecule has 4 N–H and O–H groups in total. The summed E-state index contributed by atoms with van der Waals surface area (Å²) in [6.07, 6.45) is -2.89. The molecule has 0 aliphatic carbocycles. The lowest BCUT2D eigenvalue weighted by Gasteiger charge is -2.24. The Morgan fingerprint density at radius 2 is 2.14 bits per heavy atom. The molecule has 22 heavy (non-hydrogen) atoms. The molecule has 124 valence electrons. The number of aliphatic hydroxyl groups excluding tert-OH is 1. The highest BCUT2D eigenvalue weighted by atomic mass is 32.5. The molecule has 1 aromatic rings. The van der Waals surface area contributed by atoms with Gasteiger partial charge in [0.15, 0.2) is 6.23 Å². The molecule has 0 aromatic carbocycles. The zero-order chi connectivity index (χ0) is 16.5. The molecule has 2 heterocycles. The van der Waals surface area contributed by atoms with E-state index < -0.39 is 49.1 Å². The second-order valence-corrected chi connectivity index (χ2v) is 7.14. The third-order valence-electron chi connectivity index (χ3n) is 3.12. The van der Waals surface area contributed by atoms with Gasteiger partial charge in [-0.15, -0.1) is 0 Å². The highest BCUT2D eigenvalue weighted by Gasteiger charge is 2.48. The molecule has 12 heteroatoms. The quantitative estimate of drug-likeness (QED) is 0.443. The van der Waals surface area contributed by atoms with E-state index in [1.54, 1.807) is 0 Å². The summed E-state index contributed by atoms with van der Waals surface area (Å²) >= 11 is 4.41. The van der Waals surface area contributed by atoms with E-state index in [1.807, 2.05) is 0 Å². The number of nitrogens with one attached hydrogen (secondary N) is 1. The fraction of sp³-hybridized carbons (Fsp3) is 0.600. The van der Waals surface area contributed by atoms with E-state index in [9.17, 15) is 24.5 Å². The summed E-state index contributed by atoms with van der Waals surface area (Å²) in [5.74, 6) is 0. The van der Waals surface area contributed by atoms with Crippen LogP contribution < -0.4 is 11.2 Å². The van der Waals surface area contributed by atoms with Crippen LogP contribution in [-0.2, 0) is 25.8 Å². The summed E-state index contributed by atoms with van der Waals surface area (Å²) < 4.78 is 16.7. The molecular weight excluding hydrogens is 339 g/mol. The van der Waals surface area contributed by atoms with Crippen LogP contribution in [0.4, 0.5) is 0 Å². The second kappa shape index (κ2) is 6.69. The largest absolute Gasteiger partial charge is 0.394 e. The predicted octanol–water partition coefficient (Wildman–Crippen LogP) is -1.96. The van der Waals surface area contributed by atoms with Gasteiger partial charge in [0.25, 0.3) is 5.56 Å². The molecule has 1 aliphatic rings. The fourth-order valence-electron chi connectivity index (χ4n) is 2.24. The van der Waals surface area contributed by atoms with Gasteiger partial charge in [0.1, 0.15) is 18.3 Å². The van der Waals surface area contributed by atoms with Gasteiger partial charge in [0.2, 0.25) is 0 Å². The second-order valence-electron chi connectivity index (χ2n) is 4.53. The molecule has 4 atom stereocenters. The first kappa shape index (κ1) is 17.4. The Labute approximate surface area is 129 Å². The van der Waals surface area contributed by atoms with Crippen molar-refractivity contribution in [2.24, 2.45) is 0 Å². The number of H-pyrrole nitrogens is 1. The lowest BCUT2D eigenvalue weighted by atomic mass is 10.1. The number of hydrogen-bond acceptors (Lipinski definition) is 7. The Morgan fingerprint density at radius 1 is 1.45 bits per heavy atom. The van der Waals surface area contributed by atoms with Crippen molar-refractivity contribution in [1.82, 2.24) is 9.55 Å². The molecule has 0 amide bonds. The number of methoxy groups -OCH3 is 1. The van der Waals surface area contributed by atoms with Gasteiger partial charge in [-0.3, -0.25) is 18.9 Å². The first-order valence-corrected chi connectivity index (χ1v) is 8.74. The van der Waals surface area contributed by atoms with Gasteiger partial charge in [0, 0.05) is 19.4 Å². The normalized spacial score (nSPS) is 28.9. The van der Waals surface area contributed by atoms with Gasteiger partial charge < -0.3 is 24.4 Å². The summed E-state index contributed by atoms with van der Waals surface area (Å²) in [4.78, 5) is 43.6. The van der Waals surface area contributed by atoms with Crippen LogP contribution in [0.3, 0.4) is 0 Å². The van der Waals surface area contributed by atoms with Gasteiger partial charge in [-0.1, -0.05) is 0 Å². The first-order chi connectivity index (χ1) is 10.3. The average molecular weight is 354 g/mol. The van der Waals surface area contributed by atoms with Crippen molar-refractivity contribution < 1.29 is 28.9 Å². The smallest absolute Gasteiger partial charge is 0.330 e. The van der Waals surface area contributed by atoms with Gasteiger partial charge in [-0.25, -0.2) is 4.79 Å². The number of ether oxygens (including phenoxy) is 2. The van der Waals surface area contributed by atoms with Crippen molar-refractivity contribution >= 4 is 18.5 Å². The van der Waals surface area contributed by atoms with E-state index in [0.29, 0.717) is 0 Å². The summed E-state index contributed by atoms with van der Waals surface area (Å²) in [6.45, 7) is -4.56. The molecule has 0 radical (unpaired) electrons. The van der Waals surface area contributed by atoms with Crippen LogP contribution in [0.1, 0.15) is 6.23 Å². The minimum Gasteiger partial charge on any atom is -0.394 e. The molecular formula is C10H15N2O8PS. The third kappa shape index (κ3) is 3.70. The Bertz CT molecular complexity index is 684. The van der Waals surface area contributed by atoms with Crippen LogP contribution >= 0.6 is 6.72 Å². The number of hydrogen-bond donors (Lipinski definition) is 4. The standard InChI is InChI=1S/C10H15N2O8PS/c1-18-8-7(20-21(16,17)22)5(4-13)19-9(8)12-3-2-6(14)11-10(12)15/h2-3,5,7-9,13H,4H2,1H3,(H,11,14,15)(H2,16,17,22)/t5-,7+,8-,9-/m1/s1.